The van der Waals surface area contributed by atoms with Gasteiger partial charge in [-0.05, 0) is 30.3 Å². The van der Waals surface area contributed by atoms with E-state index >= 15 is 0 Å². The van der Waals surface area contributed by atoms with Gasteiger partial charge in [0.1, 0.15) is 5.75 Å². The van der Waals surface area contributed by atoms with Gasteiger partial charge in [0, 0.05) is 43.3 Å². The predicted molar refractivity (Wildman–Crippen MR) is 101 cm³/mol. The number of benzene rings is 1. The summed E-state index contributed by atoms with van der Waals surface area (Å²) in [5.74, 6) is 0.916. The van der Waals surface area contributed by atoms with Gasteiger partial charge in [-0.2, -0.15) is 0 Å². The van der Waals surface area contributed by atoms with E-state index < -0.39 is 0 Å². The third-order valence-corrected chi connectivity index (χ3v) is 4.12. The fraction of sp³-hybridized carbons (Fsp3) is 0.190. The molecule has 0 spiro atoms. The fourth-order valence-electron chi connectivity index (χ4n) is 2.96. The number of pyridine rings is 1. The molecule has 2 aromatic heterocycles. The number of aromatic nitrogens is 2. The summed E-state index contributed by atoms with van der Waals surface area (Å²) in [6, 6.07) is 16.4. The molecule has 0 saturated carbocycles. The van der Waals surface area contributed by atoms with E-state index in [0.29, 0.717) is 0 Å². The molecular formula is C21H23N3O. The first kappa shape index (κ1) is 17.0. The Morgan fingerprint density at radius 3 is 2.76 bits per heavy atom. The van der Waals surface area contributed by atoms with Crippen LogP contribution < -0.4 is 4.74 Å². The minimum atomic E-state index is 0.800. The van der Waals surface area contributed by atoms with Gasteiger partial charge in [0.05, 0.1) is 19.0 Å². The van der Waals surface area contributed by atoms with E-state index in [1.807, 2.05) is 36.5 Å². The number of hydrogen-bond acceptors (Lipinski definition) is 3. The van der Waals surface area contributed by atoms with E-state index in [4.69, 9.17) is 4.74 Å². The van der Waals surface area contributed by atoms with Crippen molar-refractivity contribution in [2.45, 2.75) is 13.1 Å². The molecular weight excluding hydrogens is 310 g/mol. The first-order valence-electron chi connectivity index (χ1n) is 8.33. The number of rotatable bonds is 8. The Labute approximate surface area is 149 Å². The van der Waals surface area contributed by atoms with Crippen molar-refractivity contribution >= 4 is 0 Å². The van der Waals surface area contributed by atoms with Crippen LogP contribution in [0.1, 0.15) is 11.3 Å². The molecule has 128 valence electrons. The SMILES string of the molecule is C=CCN(Cc1ccccc1OC)Cc1cccn1-c1cccnc1. The molecule has 1 aromatic carbocycles. The van der Waals surface area contributed by atoms with Crippen LogP contribution >= 0.6 is 0 Å². The molecule has 0 bridgehead atoms. The van der Waals surface area contributed by atoms with Crippen molar-refractivity contribution in [3.8, 4) is 11.4 Å². The van der Waals surface area contributed by atoms with Crippen molar-refractivity contribution in [1.29, 1.82) is 0 Å². The molecule has 0 fully saturated rings. The highest BCUT2D eigenvalue weighted by molar-refractivity contribution is 5.34. The zero-order valence-corrected chi connectivity index (χ0v) is 14.5. The van der Waals surface area contributed by atoms with Crippen LogP contribution in [0.2, 0.25) is 0 Å². The number of nitrogens with zero attached hydrogens (tertiary/aromatic N) is 3. The lowest BCUT2D eigenvalue weighted by Gasteiger charge is -2.23. The van der Waals surface area contributed by atoms with Gasteiger partial charge in [-0.3, -0.25) is 9.88 Å². The largest absolute Gasteiger partial charge is 0.496 e. The number of para-hydroxylation sites is 1. The van der Waals surface area contributed by atoms with Gasteiger partial charge in [0.25, 0.3) is 0 Å². The highest BCUT2D eigenvalue weighted by Crippen LogP contribution is 2.21. The minimum Gasteiger partial charge on any atom is -0.496 e. The third kappa shape index (κ3) is 4.17. The van der Waals surface area contributed by atoms with Gasteiger partial charge in [-0.15, -0.1) is 6.58 Å². The lowest BCUT2D eigenvalue weighted by atomic mass is 10.2. The summed E-state index contributed by atoms with van der Waals surface area (Å²) >= 11 is 0. The molecule has 4 heteroatoms. The van der Waals surface area contributed by atoms with E-state index in [-0.39, 0.29) is 0 Å². The Morgan fingerprint density at radius 1 is 1.12 bits per heavy atom. The average Bonchev–Trinajstić information content (AvgIpc) is 3.11. The number of hydrogen-bond donors (Lipinski definition) is 0. The van der Waals surface area contributed by atoms with Crippen molar-refractivity contribution in [1.82, 2.24) is 14.5 Å². The van der Waals surface area contributed by atoms with E-state index in [1.165, 1.54) is 11.3 Å². The lowest BCUT2D eigenvalue weighted by Crippen LogP contribution is -2.24. The summed E-state index contributed by atoms with van der Waals surface area (Å²) in [7, 11) is 1.71. The van der Waals surface area contributed by atoms with Gasteiger partial charge < -0.3 is 9.30 Å². The monoisotopic (exact) mass is 333 g/mol. The summed E-state index contributed by atoms with van der Waals surface area (Å²) in [4.78, 5) is 6.56. The predicted octanol–water partition coefficient (Wildman–Crippen LogP) is 4.07. The van der Waals surface area contributed by atoms with Gasteiger partial charge in [-0.1, -0.05) is 24.3 Å². The van der Waals surface area contributed by atoms with Crippen LogP contribution in [0.25, 0.3) is 5.69 Å². The summed E-state index contributed by atoms with van der Waals surface area (Å²) < 4.78 is 7.66. The molecule has 0 saturated heterocycles. The van der Waals surface area contributed by atoms with Crippen LogP contribution in [0.4, 0.5) is 0 Å². The second-order valence-corrected chi connectivity index (χ2v) is 5.85. The van der Waals surface area contributed by atoms with Crippen LogP contribution in [-0.2, 0) is 13.1 Å². The van der Waals surface area contributed by atoms with Crippen LogP contribution in [0.5, 0.6) is 5.75 Å². The molecule has 3 aromatic rings. The second kappa shape index (κ2) is 8.31. The maximum atomic E-state index is 5.49. The number of methoxy groups -OCH3 is 1. The standard InChI is InChI=1S/C21H23N3O/c1-3-13-23(16-18-8-4-5-11-21(18)25-2)17-20-10-7-14-24(20)19-9-6-12-22-15-19/h3-12,14-15H,1,13,16-17H2,2H3. The van der Waals surface area contributed by atoms with Crippen LogP contribution in [-0.4, -0.2) is 28.1 Å². The van der Waals surface area contributed by atoms with Crippen molar-refractivity contribution < 1.29 is 4.74 Å². The Kier molecular flexibility index (Phi) is 5.65. The molecule has 0 amide bonds. The molecule has 0 radical (unpaired) electrons. The van der Waals surface area contributed by atoms with E-state index in [1.54, 1.807) is 13.3 Å². The Bertz CT molecular complexity index is 811. The molecule has 0 unspecified atom stereocenters. The van der Waals surface area contributed by atoms with Gasteiger partial charge in [0.15, 0.2) is 0 Å². The van der Waals surface area contributed by atoms with Crippen LogP contribution in [0.3, 0.4) is 0 Å². The maximum absolute atomic E-state index is 5.49. The molecule has 0 aliphatic heterocycles. The summed E-state index contributed by atoms with van der Waals surface area (Å²) in [5, 5.41) is 0. The first-order chi connectivity index (χ1) is 12.3. The van der Waals surface area contributed by atoms with Crippen molar-refractivity contribution in [2.24, 2.45) is 0 Å². The van der Waals surface area contributed by atoms with Crippen LogP contribution in [0.15, 0.2) is 79.8 Å². The fourth-order valence-corrected chi connectivity index (χ4v) is 2.96. The van der Waals surface area contributed by atoms with Gasteiger partial charge in [-0.25, -0.2) is 0 Å². The molecule has 0 N–H and O–H groups in total. The van der Waals surface area contributed by atoms with Crippen molar-refractivity contribution in [3.05, 3.63) is 91.0 Å². The average molecular weight is 333 g/mol. The molecule has 4 nitrogen and oxygen atoms in total. The third-order valence-electron chi connectivity index (χ3n) is 4.12. The molecule has 0 atom stereocenters. The summed E-state index contributed by atoms with van der Waals surface area (Å²) in [6.45, 7) is 6.32. The van der Waals surface area contributed by atoms with Crippen molar-refractivity contribution in [2.75, 3.05) is 13.7 Å². The Hall–Kier alpha value is -2.85. The first-order valence-corrected chi connectivity index (χ1v) is 8.33. The van der Waals surface area contributed by atoms with Crippen molar-refractivity contribution in [3.63, 3.8) is 0 Å². The lowest BCUT2D eigenvalue weighted by molar-refractivity contribution is 0.275. The zero-order valence-electron chi connectivity index (χ0n) is 14.5. The highest BCUT2D eigenvalue weighted by Gasteiger charge is 2.12. The smallest absolute Gasteiger partial charge is 0.123 e. The van der Waals surface area contributed by atoms with E-state index in [2.05, 4.69) is 51.5 Å². The Morgan fingerprint density at radius 2 is 2.00 bits per heavy atom. The quantitative estimate of drug-likeness (QED) is 0.582. The highest BCUT2D eigenvalue weighted by atomic mass is 16.5. The van der Waals surface area contributed by atoms with Gasteiger partial charge in [0.2, 0.25) is 0 Å². The summed E-state index contributed by atoms with van der Waals surface area (Å²) in [6.07, 6.45) is 7.67. The normalized spacial score (nSPS) is 10.8. The maximum Gasteiger partial charge on any atom is 0.123 e. The molecule has 3 rings (SSSR count). The minimum absolute atomic E-state index is 0.800. The van der Waals surface area contributed by atoms with E-state index in [0.717, 1.165) is 31.1 Å². The second-order valence-electron chi connectivity index (χ2n) is 5.85. The molecule has 2 heterocycles. The Balaban J connectivity index is 1.81. The zero-order chi connectivity index (χ0) is 17.5. The van der Waals surface area contributed by atoms with Gasteiger partial charge >= 0.3 is 0 Å². The molecule has 0 aliphatic rings. The van der Waals surface area contributed by atoms with Crippen LogP contribution in [0, 0.1) is 0 Å². The summed E-state index contributed by atoms with van der Waals surface area (Å²) in [5.41, 5.74) is 3.45. The topological polar surface area (TPSA) is 30.3 Å². The number of ether oxygens (including phenoxy) is 1. The van der Waals surface area contributed by atoms with E-state index in [9.17, 15) is 0 Å². The molecule has 25 heavy (non-hydrogen) atoms. The molecule has 0 aliphatic carbocycles.